The topological polar surface area (TPSA) is 78.9 Å². The molecular formula is C26H48N2O4S. The van der Waals surface area contributed by atoms with Crippen molar-refractivity contribution >= 4 is 10.0 Å². The summed E-state index contributed by atoms with van der Waals surface area (Å²) in [7, 11) is -3.35. The van der Waals surface area contributed by atoms with Crippen molar-refractivity contribution in [1.29, 1.82) is 0 Å². The third-order valence-electron chi connectivity index (χ3n) is 6.15. The van der Waals surface area contributed by atoms with E-state index in [0.717, 1.165) is 18.4 Å². The van der Waals surface area contributed by atoms with Gasteiger partial charge in [0.2, 0.25) is 10.0 Å². The molecule has 0 aromatic heterocycles. The fraction of sp³-hybridized carbons (Fsp3) is 0.769. The molecule has 1 aromatic carbocycles. The Labute approximate surface area is 203 Å². The van der Waals surface area contributed by atoms with Gasteiger partial charge in [-0.15, -0.1) is 0 Å². The second-order valence-corrected chi connectivity index (χ2v) is 11.1. The summed E-state index contributed by atoms with van der Waals surface area (Å²) in [6.07, 6.45) is 18.1. The lowest BCUT2D eigenvalue weighted by Gasteiger charge is -2.22. The van der Waals surface area contributed by atoms with Crippen LogP contribution in [-0.4, -0.2) is 43.4 Å². The number of hydrogen-bond acceptors (Lipinski definition) is 5. The van der Waals surface area contributed by atoms with Gasteiger partial charge in [-0.2, -0.15) is 4.31 Å². The van der Waals surface area contributed by atoms with Crippen LogP contribution in [0.1, 0.15) is 102 Å². The second kappa shape index (κ2) is 20.4. The SMILES string of the molecule is CCCCCCCCCCCCCCCCS(=O)(=O)N(CCONO)CCc1ccccc1. The van der Waals surface area contributed by atoms with Crippen LogP contribution in [0.4, 0.5) is 0 Å². The van der Waals surface area contributed by atoms with Gasteiger partial charge in [0.05, 0.1) is 12.4 Å². The molecule has 0 unspecified atom stereocenters. The summed E-state index contributed by atoms with van der Waals surface area (Å²) < 4.78 is 27.2. The molecule has 1 rings (SSSR count). The molecular weight excluding hydrogens is 436 g/mol. The molecule has 0 saturated carbocycles. The summed E-state index contributed by atoms with van der Waals surface area (Å²) in [5, 5.41) is 8.59. The Morgan fingerprint density at radius 3 is 1.82 bits per heavy atom. The Morgan fingerprint density at radius 2 is 1.30 bits per heavy atom. The van der Waals surface area contributed by atoms with Crippen molar-refractivity contribution < 1.29 is 18.5 Å². The number of sulfonamides is 1. The van der Waals surface area contributed by atoms with E-state index in [9.17, 15) is 8.42 Å². The minimum absolute atomic E-state index is 0.100. The number of unbranched alkanes of at least 4 members (excludes halogenated alkanes) is 13. The van der Waals surface area contributed by atoms with Crippen LogP contribution in [0, 0.1) is 0 Å². The highest BCUT2D eigenvalue weighted by molar-refractivity contribution is 7.89. The van der Waals surface area contributed by atoms with Crippen LogP contribution >= 0.6 is 0 Å². The van der Waals surface area contributed by atoms with E-state index in [1.54, 1.807) is 5.64 Å². The zero-order chi connectivity index (χ0) is 24.0. The minimum atomic E-state index is -3.35. The monoisotopic (exact) mass is 484 g/mol. The maximum Gasteiger partial charge on any atom is 0.214 e. The summed E-state index contributed by atoms with van der Waals surface area (Å²) in [4.78, 5) is 4.74. The number of hydrogen-bond donors (Lipinski definition) is 2. The third-order valence-corrected chi connectivity index (χ3v) is 8.11. The standard InChI is InChI=1S/C26H48N2O4S/c1-2-3-4-5-6-7-8-9-10-11-12-13-14-18-25-33(30,31)28(23-24-32-27-29)22-21-26-19-16-15-17-20-26/h15-17,19-20,27,29H,2-14,18,21-25H2,1H3. The Bertz CT molecular complexity index is 656. The number of rotatable bonds is 23. The van der Waals surface area contributed by atoms with E-state index in [1.165, 1.54) is 74.9 Å². The summed E-state index contributed by atoms with van der Waals surface area (Å²) in [6.45, 7) is 3.00. The summed E-state index contributed by atoms with van der Waals surface area (Å²) in [5.74, 6) is 0.173. The minimum Gasteiger partial charge on any atom is -0.292 e. The summed E-state index contributed by atoms with van der Waals surface area (Å²) >= 11 is 0. The van der Waals surface area contributed by atoms with Gasteiger partial charge in [0.15, 0.2) is 0 Å². The molecule has 0 heterocycles. The first-order valence-corrected chi connectivity index (χ1v) is 14.7. The fourth-order valence-corrected chi connectivity index (χ4v) is 5.64. The molecule has 1 aromatic rings. The number of nitrogens with one attached hydrogen (secondary N) is 1. The highest BCUT2D eigenvalue weighted by Gasteiger charge is 2.21. The van der Waals surface area contributed by atoms with Crippen LogP contribution in [0.15, 0.2) is 30.3 Å². The lowest BCUT2D eigenvalue weighted by Crippen LogP contribution is -2.38. The fourth-order valence-electron chi connectivity index (χ4n) is 4.09. The Hall–Kier alpha value is -0.990. The predicted molar refractivity (Wildman–Crippen MR) is 137 cm³/mol. The van der Waals surface area contributed by atoms with E-state index in [0.29, 0.717) is 19.4 Å². The predicted octanol–water partition coefficient (Wildman–Crippen LogP) is 6.25. The van der Waals surface area contributed by atoms with Gasteiger partial charge in [-0.3, -0.25) is 10.0 Å². The van der Waals surface area contributed by atoms with Crippen molar-refractivity contribution in [2.45, 2.75) is 103 Å². The van der Waals surface area contributed by atoms with Crippen molar-refractivity contribution in [3.8, 4) is 0 Å². The molecule has 0 bridgehead atoms. The number of nitrogens with zero attached hydrogens (tertiary/aromatic N) is 1. The normalized spacial score (nSPS) is 12.0. The highest BCUT2D eigenvalue weighted by atomic mass is 32.2. The molecule has 192 valence electrons. The molecule has 0 fully saturated rings. The largest absolute Gasteiger partial charge is 0.292 e. The zero-order valence-electron chi connectivity index (χ0n) is 20.8. The average molecular weight is 485 g/mol. The first-order chi connectivity index (χ1) is 16.1. The number of benzene rings is 1. The van der Waals surface area contributed by atoms with Gasteiger partial charge in [0, 0.05) is 13.1 Å². The van der Waals surface area contributed by atoms with Gasteiger partial charge < -0.3 is 0 Å². The van der Waals surface area contributed by atoms with E-state index in [1.807, 2.05) is 30.3 Å². The van der Waals surface area contributed by atoms with Gasteiger partial charge in [0.1, 0.15) is 0 Å². The first kappa shape index (κ1) is 30.0. The zero-order valence-corrected chi connectivity index (χ0v) is 21.7. The molecule has 7 heteroatoms. The van der Waals surface area contributed by atoms with Gasteiger partial charge in [-0.1, -0.05) is 126 Å². The molecule has 0 amide bonds. The van der Waals surface area contributed by atoms with Crippen LogP contribution in [0.2, 0.25) is 0 Å². The molecule has 6 nitrogen and oxygen atoms in total. The summed E-state index contributed by atoms with van der Waals surface area (Å²) in [5.41, 5.74) is 2.73. The molecule has 2 N–H and O–H groups in total. The van der Waals surface area contributed by atoms with Crippen molar-refractivity contribution in [3.63, 3.8) is 0 Å². The Morgan fingerprint density at radius 1 is 0.788 bits per heavy atom. The maximum absolute atomic E-state index is 12.9. The van der Waals surface area contributed by atoms with E-state index >= 15 is 0 Å². The van der Waals surface area contributed by atoms with Crippen molar-refractivity contribution in [1.82, 2.24) is 9.95 Å². The lowest BCUT2D eigenvalue weighted by atomic mass is 10.0. The van der Waals surface area contributed by atoms with Gasteiger partial charge in [-0.05, 0) is 18.4 Å². The maximum atomic E-state index is 12.9. The van der Waals surface area contributed by atoms with E-state index < -0.39 is 10.0 Å². The van der Waals surface area contributed by atoms with Crippen molar-refractivity contribution in [3.05, 3.63) is 35.9 Å². The van der Waals surface area contributed by atoms with E-state index in [-0.39, 0.29) is 18.9 Å². The Balaban J connectivity index is 2.16. The third kappa shape index (κ3) is 16.3. The van der Waals surface area contributed by atoms with Crippen LogP contribution < -0.4 is 5.64 Å². The van der Waals surface area contributed by atoms with Crippen LogP contribution in [0.3, 0.4) is 0 Å². The molecule has 0 aliphatic rings. The molecule has 33 heavy (non-hydrogen) atoms. The molecule has 0 saturated heterocycles. The lowest BCUT2D eigenvalue weighted by molar-refractivity contribution is -0.127. The van der Waals surface area contributed by atoms with Crippen LogP contribution in [0.5, 0.6) is 0 Å². The summed E-state index contributed by atoms with van der Waals surface area (Å²) in [6, 6.07) is 9.88. The van der Waals surface area contributed by atoms with Gasteiger partial charge in [0.25, 0.3) is 0 Å². The molecule has 0 spiro atoms. The smallest absolute Gasteiger partial charge is 0.214 e. The first-order valence-electron chi connectivity index (χ1n) is 13.1. The molecule has 0 aliphatic heterocycles. The molecule has 0 aliphatic carbocycles. The molecule has 0 radical (unpaired) electrons. The van der Waals surface area contributed by atoms with Crippen molar-refractivity contribution in [2.24, 2.45) is 0 Å². The van der Waals surface area contributed by atoms with E-state index in [2.05, 4.69) is 6.92 Å². The van der Waals surface area contributed by atoms with E-state index in [4.69, 9.17) is 10.0 Å². The highest BCUT2D eigenvalue weighted by Crippen LogP contribution is 2.14. The van der Waals surface area contributed by atoms with Gasteiger partial charge in [-0.25, -0.2) is 8.42 Å². The van der Waals surface area contributed by atoms with Crippen LogP contribution in [0.25, 0.3) is 0 Å². The molecule has 0 atom stereocenters. The average Bonchev–Trinajstić information content (AvgIpc) is 2.82. The van der Waals surface area contributed by atoms with Crippen molar-refractivity contribution in [2.75, 3.05) is 25.4 Å². The Kier molecular flexibility index (Phi) is 18.6. The second-order valence-electron chi connectivity index (χ2n) is 8.99. The quantitative estimate of drug-likeness (QED) is 0.142. The van der Waals surface area contributed by atoms with Gasteiger partial charge >= 0.3 is 0 Å². The van der Waals surface area contributed by atoms with Crippen LogP contribution in [-0.2, 0) is 21.3 Å².